The van der Waals surface area contributed by atoms with E-state index in [1.807, 2.05) is 13.8 Å². The van der Waals surface area contributed by atoms with Crippen molar-refractivity contribution in [2.24, 2.45) is 0 Å². The summed E-state index contributed by atoms with van der Waals surface area (Å²) in [5.41, 5.74) is 5.33. The number of aromatic nitrogens is 2. The Balaban J connectivity index is 2.17. The van der Waals surface area contributed by atoms with Gasteiger partial charge in [0.25, 0.3) is 0 Å². The van der Waals surface area contributed by atoms with Gasteiger partial charge < -0.3 is 5.32 Å². The maximum atomic E-state index is 13.1. The molecule has 0 saturated heterocycles. The van der Waals surface area contributed by atoms with Gasteiger partial charge in [-0.3, -0.25) is 0 Å². The highest BCUT2D eigenvalue weighted by Crippen LogP contribution is 2.19. The van der Waals surface area contributed by atoms with Gasteiger partial charge in [0, 0.05) is 6.54 Å². The van der Waals surface area contributed by atoms with E-state index in [9.17, 15) is 4.39 Å². The van der Waals surface area contributed by atoms with E-state index in [1.54, 1.807) is 12.1 Å². The summed E-state index contributed by atoms with van der Waals surface area (Å²) in [5.74, 6) is 0.591. The second-order valence-electron chi connectivity index (χ2n) is 5.02. The van der Waals surface area contributed by atoms with E-state index in [0.717, 1.165) is 34.6 Å². The summed E-state index contributed by atoms with van der Waals surface area (Å²) in [7, 11) is 0. The highest BCUT2D eigenvalue weighted by Gasteiger charge is 2.08. The number of benzene rings is 1. The van der Waals surface area contributed by atoms with E-state index >= 15 is 0 Å². The molecule has 0 fully saturated rings. The Hall–Kier alpha value is -1.97. The Bertz CT molecular complexity index is 623. The lowest BCUT2D eigenvalue weighted by molar-refractivity contribution is 0.625. The molecule has 1 N–H and O–H groups in total. The maximum absolute atomic E-state index is 13.1. The summed E-state index contributed by atoms with van der Waals surface area (Å²) in [6.07, 6.45) is 0.886. The fraction of sp³-hybridized carbons (Fsp3) is 0.375. The van der Waals surface area contributed by atoms with Crippen LogP contribution < -0.4 is 5.32 Å². The normalized spacial score (nSPS) is 10.7. The highest BCUT2D eigenvalue weighted by atomic mass is 19.1. The third-order valence-electron chi connectivity index (χ3n) is 3.71. The molecule has 0 atom stereocenters. The van der Waals surface area contributed by atoms with E-state index in [0.29, 0.717) is 6.54 Å². The summed E-state index contributed by atoms with van der Waals surface area (Å²) in [6, 6.07) is 4.82. The Labute approximate surface area is 119 Å². The van der Waals surface area contributed by atoms with E-state index in [-0.39, 0.29) is 5.82 Å². The number of hydrogen-bond donors (Lipinski definition) is 1. The van der Waals surface area contributed by atoms with Crippen molar-refractivity contribution in [3.63, 3.8) is 0 Å². The lowest BCUT2D eigenvalue weighted by atomic mass is 10.1. The van der Waals surface area contributed by atoms with Crippen LogP contribution in [0.1, 0.15) is 34.9 Å². The highest BCUT2D eigenvalue weighted by molar-refractivity contribution is 5.48. The van der Waals surface area contributed by atoms with Gasteiger partial charge in [0.1, 0.15) is 5.82 Å². The average Bonchev–Trinajstić information content (AvgIpc) is 2.42. The minimum atomic E-state index is -0.203. The van der Waals surface area contributed by atoms with Crippen LogP contribution in [0, 0.1) is 26.6 Å². The first kappa shape index (κ1) is 14.4. The number of rotatable bonds is 4. The number of anilines is 1. The van der Waals surface area contributed by atoms with Crippen molar-refractivity contribution in [1.82, 2.24) is 10.2 Å². The zero-order chi connectivity index (χ0) is 14.7. The van der Waals surface area contributed by atoms with Crippen molar-refractivity contribution in [3.8, 4) is 0 Å². The molecule has 0 saturated carbocycles. The molecule has 0 bridgehead atoms. The largest absolute Gasteiger partial charge is 0.364 e. The van der Waals surface area contributed by atoms with Crippen LogP contribution >= 0.6 is 0 Å². The Morgan fingerprint density at radius 1 is 1.10 bits per heavy atom. The maximum Gasteiger partial charge on any atom is 0.152 e. The molecular weight excluding hydrogens is 253 g/mol. The summed E-state index contributed by atoms with van der Waals surface area (Å²) in [5, 5.41) is 11.8. The van der Waals surface area contributed by atoms with Gasteiger partial charge in [0.15, 0.2) is 5.82 Å². The lowest BCUT2D eigenvalue weighted by Gasteiger charge is -2.13. The summed E-state index contributed by atoms with van der Waals surface area (Å²) in [4.78, 5) is 0. The van der Waals surface area contributed by atoms with Gasteiger partial charge in [-0.1, -0.05) is 13.0 Å². The number of hydrogen-bond acceptors (Lipinski definition) is 3. The predicted molar refractivity (Wildman–Crippen MR) is 79.3 cm³/mol. The second-order valence-corrected chi connectivity index (χ2v) is 5.02. The number of nitrogens with zero attached hydrogens (tertiary/aromatic N) is 2. The van der Waals surface area contributed by atoms with Crippen molar-refractivity contribution in [1.29, 1.82) is 0 Å². The van der Waals surface area contributed by atoms with Gasteiger partial charge in [0.2, 0.25) is 0 Å². The van der Waals surface area contributed by atoms with Crippen molar-refractivity contribution in [3.05, 3.63) is 52.0 Å². The third-order valence-corrected chi connectivity index (χ3v) is 3.71. The molecule has 2 rings (SSSR count). The Morgan fingerprint density at radius 3 is 2.50 bits per heavy atom. The summed E-state index contributed by atoms with van der Waals surface area (Å²) in [6.45, 7) is 8.71. The van der Waals surface area contributed by atoms with Gasteiger partial charge in [-0.2, -0.15) is 5.10 Å². The van der Waals surface area contributed by atoms with Crippen LogP contribution in [0.15, 0.2) is 18.2 Å². The van der Waals surface area contributed by atoms with Crippen LogP contribution in [-0.2, 0) is 13.0 Å². The van der Waals surface area contributed by atoms with Crippen molar-refractivity contribution >= 4 is 5.82 Å². The lowest BCUT2D eigenvalue weighted by Crippen LogP contribution is -2.08. The van der Waals surface area contributed by atoms with Gasteiger partial charge >= 0.3 is 0 Å². The first-order chi connectivity index (χ1) is 9.52. The molecule has 106 valence electrons. The molecule has 0 aliphatic rings. The smallest absolute Gasteiger partial charge is 0.152 e. The molecule has 2 aromatic rings. The van der Waals surface area contributed by atoms with Gasteiger partial charge in [-0.15, -0.1) is 5.10 Å². The van der Waals surface area contributed by atoms with Crippen molar-refractivity contribution in [2.45, 2.75) is 40.7 Å². The van der Waals surface area contributed by atoms with Crippen molar-refractivity contribution in [2.75, 3.05) is 5.32 Å². The molecule has 0 spiro atoms. The first-order valence-corrected chi connectivity index (χ1v) is 6.84. The molecule has 20 heavy (non-hydrogen) atoms. The van der Waals surface area contributed by atoms with Gasteiger partial charge in [0.05, 0.1) is 5.69 Å². The van der Waals surface area contributed by atoms with Crippen LogP contribution in [0.25, 0.3) is 0 Å². The van der Waals surface area contributed by atoms with Crippen LogP contribution in [0.4, 0.5) is 10.2 Å². The molecule has 0 aliphatic heterocycles. The van der Waals surface area contributed by atoms with Crippen LogP contribution in [-0.4, -0.2) is 10.2 Å². The quantitative estimate of drug-likeness (QED) is 0.922. The summed E-state index contributed by atoms with van der Waals surface area (Å²) < 4.78 is 13.1. The second kappa shape index (κ2) is 5.99. The number of nitrogens with one attached hydrogen (secondary N) is 1. The van der Waals surface area contributed by atoms with Crippen LogP contribution in [0.2, 0.25) is 0 Å². The molecule has 0 aliphatic carbocycles. The third kappa shape index (κ3) is 2.95. The predicted octanol–water partition coefficient (Wildman–Crippen LogP) is 3.72. The zero-order valence-electron chi connectivity index (χ0n) is 12.4. The minimum absolute atomic E-state index is 0.203. The average molecular weight is 273 g/mol. The van der Waals surface area contributed by atoms with Crippen molar-refractivity contribution < 1.29 is 4.39 Å². The summed E-state index contributed by atoms with van der Waals surface area (Å²) >= 11 is 0. The van der Waals surface area contributed by atoms with E-state index in [2.05, 4.69) is 29.4 Å². The molecule has 3 nitrogen and oxygen atoms in total. The van der Waals surface area contributed by atoms with Gasteiger partial charge in [-0.05, 0) is 61.6 Å². The zero-order valence-corrected chi connectivity index (χ0v) is 12.4. The molecule has 0 unspecified atom stereocenters. The molecule has 1 aromatic heterocycles. The fourth-order valence-corrected chi connectivity index (χ4v) is 2.19. The van der Waals surface area contributed by atoms with E-state index in [1.165, 1.54) is 11.6 Å². The topological polar surface area (TPSA) is 37.8 Å². The molecule has 1 heterocycles. The van der Waals surface area contributed by atoms with E-state index in [4.69, 9.17) is 0 Å². The SMILES string of the molecule is CCc1nnc(NCc2ccc(F)cc2C)c(C)c1C. The molecular formula is C16H20FN3. The Morgan fingerprint density at radius 2 is 1.85 bits per heavy atom. The first-order valence-electron chi connectivity index (χ1n) is 6.84. The number of halogens is 1. The monoisotopic (exact) mass is 273 g/mol. The molecule has 0 amide bonds. The van der Waals surface area contributed by atoms with Crippen LogP contribution in [0.5, 0.6) is 0 Å². The fourth-order valence-electron chi connectivity index (χ4n) is 2.19. The molecule has 1 aromatic carbocycles. The molecule has 0 radical (unpaired) electrons. The standard InChI is InChI=1S/C16H20FN3/c1-5-15-11(3)12(4)16(20-19-15)18-9-13-6-7-14(17)8-10(13)2/h6-8H,5,9H2,1-4H3,(H,18,20). The number of aryl methyl sites for hydroxylation is 2. The van der Waals surface area contributed by atoms with E-state index < -0.39 is 0 Å². The van der Waals surface area contributed by atoms with Gasteiger partial charge in [-0.25, -0.2) is 4.39 Å². The molecule has 4 heteroatoms. The van der Waals surface area contributed by atoms with Crippen LogP contribution in [0.3, 0.4) is 0 Å². The Kier molecular flexibility index (Phi) is 4.32. The minimum Gasteiger partial charge on any atom is -0.364 e.